The Morgan fingerprint density at radius 3 is 2.40 bits per heavy atom. The summed E-state index contributed by atoms with van der Waals surface area (Å²) in [6.07, 6.45) is 2.97. The highest BCUT2D eigenvalue weighted by Gasteiger charge is 2.43. The van der Waals surface area contributed by atoms with Crippen molar-refractivity contribution >= 4 is 17.8 Å². The third kappa shape index (κ3) is 3.72. The van der Waals surface area contributed by atoms with Crippen molar-refractivity contribution in [1.82, 2.24) is 19.8 Å². The Labute approximate surface area is 146 Å². The third-order valence-corrected chi connectivity index (χ3v) is 4.43. The van der Waals surface area contributed by atoms with Crippen molar-refractivity contribution in [3.05, 3.63) is 18.0 Å². The predicted octanol–water partition coefficient (Wildman–Crippen LogP) is -0.392. The molecule has 0 aromatic carbocycles. The van der Waals surface area contributed by atoms with E-state index in [9.17, 15) is 9.59 Å². The minimum Gasteiger partial charge on any atom is -0.378 e. The monoisotopic (exact) mass is 349 g/mol. The molecule has 2 aliphatic rings. The molecular weight excluding hydrogens is 326 g/mol. The predicted molar refractivity (Wildman–Crippen MR) is 89.2 cm³/mol. The van der Waals surface area contributed by atoms with Crippen LogP contribution in [0, 0.1) is 0 Å². The van der Waals surface area contributed by atoms with E-state index in [0.717, 1.165) is 0 Å². The lowest BCUT2D eigenvalue weighted by Crippen LogP contribution is -2.61. The molecule has 1 aromatic heterocycles. The second-order valence-corrected chi connectivity index (χ2v) is 6.26. The summed E-state index contributed by atoms with van der Waals surface area (Å²) in [7, 11) is 1.71. The van der Waals surface area contributed by atoms with Crippen molar-refractivity contribution in [2.75, 3.05) is 58.4 Å². The van der Waals surface area contributed by atoms with Crippen molar-refractivity contribution in [2.45, 2.75) is 12.5 Å². The van der Waals surface area contributed by atoms with Crippen LogP contribution in [0.2, 0.25) is 0 Å². The molecule has 136 valence electrons. The van der Waals surface area contributed by atoms with Gasteiger partial charge in [-0.05, 0) is 6.92 Å². The van der Waals surface area contributed by atoms with Crippen LogP contribution in [0.15, 0.2) is 12.4 Å². The van der Waals surface area contributed by atoms with Crippen molar-refractivity contribution in [3.8, 4) is 0 Å². The van der Waals surface area contributed by atoms with Crippen LogP contribution in [0.25, 0.3) is 0 Å². The number of hydrogen-bond donors (Lipinski definition) is 1. The van der Waals surface area contributed by atoms with Gasteiger partial charge in [-0.1, -0.05) is 0 Å². The lowest BCUT2D eigenvalue weighted by Gasteiger charge is -2.42. The quantitative estimate of drug-likeness (QED) is 0.794. The second kappa shape index (κ2) is 7.32. The van der Waals surface area contributed by atoms with E-state index in [0.29, 0.717) is 51.0 Å². The van der Waals surface area contributed by atoms with Gasteiger partial charge in [-0.2, -0.15) is 0 Å². The number of nitrogens with one attached hydrogen (secondary N) is 1. The Bertz CT molecular complexity index is 632. The number of rotatable bonds is 3. The normalized spacial score (nSPS) is 24.1. The number of anilines is 1. The van der Waals surface area contributed by atoms with Gasteiger partial charge in [0, 0.05) is 39.1 Å². The molecule has 1 atom stereocenters. The number of carbonyl (C=O) groups is 2. The number of nitrogens with zero attached hydrogens (tertiary/aromatic N) is 4. The van der Waals surface area contributed by atoms with E-state index in [-0.39, 0.29) is 18.4 Å². The molecular formula is C16H23N5O4. The SMILES string of the molecule is CNc1ncc(C(=O)N2CCO[C@@](C)(C(=O)N3CCOCC3)C2)cn1. The molecule has 25 heavy (non-hydrogen) atoms. The Morgan fingerprint density at radius 2 is 1.76 bits per heavy atom. The van der Waals surface area contributed by atoms with E-state index in [1.54, 1.807) is 23.8 Å². The molecule has 2 saturated heterocycles. The molecule has 0 saturated carbocycles. The topological polar surface area (TPSA) is 96.9 Å². The molecule has 2 amide bonds. The van der Waals surface area contributed by atoms with E-state index in [1.807, 2.05) is 0 Å². The highest BCUT2D eigenvalue weighted by atomic mass is 16.5. The summed E-state index contributed by atoms with van der Waals surface area (Å²) < 4.78 is 11.1. The van der Waals surface area contributed by atoms with Crippen molar-refractivity contribution < 1.29 is 19.1 Å². The average molecular weight is 349 g/mol. The van der Waals surface area contributed by atoms with Crippen LogP contribution in [-0.2, 0) is 14.3 Å². The fourth-order valence-electron chi connectivity index (χ4n) is 3.02. The summed E-state index contributed by atoms with van der Waals surface area (Å²) in [5.74, 6) is 0.146. The number of carbonyl (C=O) groups excluding carboxylic acids is 2. The first-order valence-corrected chi connectivity index (χ1v) is 8.34. The Balaban J connectivity index is 1.70. The molecule has 0 unspecified atom stereocenters. The molecule has 0 radical (unpaired) electrons. The summed E-state index contributed by atoms with van der Waals surface area (Å²) in [6.45, 7) is 4.84. The van der Waals surface area contributed by atoms with Gasteiger partial charge in [0.25, 0.3) is 11.8 Å². The van der Waals surface area contributed by atoms with E-state index in [4.69, 9.17) is 9.47 Å². The molecule has 1 aromatic rings. The molecule has 2 aliphatic heterocycles. The van der Waals surface area contributed by atoms with E-state index >= 15 is 0 Å². The zero-order valence-corrected chi connectivity index (χ0v) is 14.5. The maximum atomic E-state index is 12.8. The van der Waals surface area contributed by atoms with Gasteiger partial charge in [0.1, 0.15) is 0 Å². The zero-order chi connectivity index (χ0) is 17.9. The van der Waals surface area contributed by atoms with Crippen LogP contribution in [0.3, 0.4) is 0 Å². The van der Waals surface area contributed by atoms with Crippen LogP contribution in [-0.4, -0.2) is 90.2 Å². The Kier molecular flexibility index (Phi) is 5.14. The summed E-state index contributed by atoms with van der Waals surface area (Å²) in [5.41, 5.74) is -0.654. The Morgan fingerprint density at radius 1 is 1.12 bits per heavy atom. The van der Waals surface area contributed by atoms with Crippen LogP contribution < -0.4 is 5.32 Å². The highest BCUT2D eigenvalue weighted by molar-refractivity contribution is 5.95. The summed E-state index contributed by atoms with van der Waals surface area (Å²) in [4.78, 5) is 37.0. The molecule has 0 spiro atoms. The first-order valence-electron chi connectivity index (χ1n) is 8.34. The number of aromatic nitrogens is 2. The van der Waals surface area contributed by atoms with E-state index in [2.05, 4.69) is 15.3 Å². The summed E-state index contributed by atoms with van der Waals surface area (Å²) >= 11 is 0. The van der Waals surface area contributed by atoms with Crippen LogP contribution >= 0.6 is 0 Å². The lowest BCUT2D eigenvalue weighted by atomic mass is 10.0. The van der Waals surface area contributed by atoms with Crippen LogP contribution in [0.5, 0.6) is 0 Å². The van der Waals surface area contributed by atoms with E-state index in [1.165, 1.54) is 12.4 Å². The van der Waals surface area contributed by atoms with Gasteiger partial charge in [-0.3, -0.25) is 9.59 Å². The molecule has 1 N–H and O–H groups in total. The van der Waals surface area contributed by atoms with Gasteiger partial charge in [0.2, 0.25) is 5.95 Å². The first kappa shape index (κ1) is 17.6. The highest BCUT2D eigenvalue weighted by Crippen LogP contribution is 2.22. The maximum Gasteiger partial charge on any atom is 0.257 e. The smallest absolute Gasteiger partial charge is 0.257 e. The van der Waals surface area contributed by atoms with Crippen LogP contribution in [0.1, 0.15) is 17.3 Å². The van der Waals surface area contributed by atoms with Gasteiger partial charge >= 0.3 is 0 Å². The third-order valence-electron chi connectivity index (χ3n) is 4.43. The van der Waals surface area contributed by atoms with Gasteiger partial charge in [-0.25, -0.2) is 9.97 Å². The Hall–Kier alpha value is -2.26. The molecule has 9 heteroatoms. The summed E-state index contributed by atoms with van der Waals surface area (Å²) in [5, 5.41) is 2.81. The molecule has 2 fully saturated rings. The zero-order valence-electron chi connectivity index (χ0n) is 14.5. The minimum absolute atomic E-state index is 0.102. The largest absolute Gasteiger partial charge is 0.378 e. The first-order chi connectivity index (χ1) is 12.0. The molecule has 3 rings (SSSR count). The van der Waals surface area contributed by atoms with Crippen molar-refractivity contribution in [3.63, 3.8) is 0 Å². The lowest BCUT2D eigenvalue weighted by molar-refractivity contribution is -0.168. The van der Waals surface area contributed by atoms with E-state index < -0.39 is 5.60 Å². The minimum atomic E-state index is -1.04. The van der Waals surface area contributed by atoms with Gasteiger partial charge in [0.15, 0.2) is 5.60 Å². The van der Waals surface area contributed by atoms with Gasteiger partial charge in [0.05, 0.1) is 31.9 Å². The molecule has 3 heterocycles. The average Bonchev–Trinajstić information content (AvgIpc) is 2.67. The number of amides is 2. The van der Waals surface area contributed by atoms with Crippen molar-refractivity contribution in [2.24, 2.45) is 0 Å². The van der Waals surface area contributed by atoms with Gasteiger partial charge in [-0.15, -0.1) is 0 Å². The summed E-state index contributed by atoms with van der Waals surface area (Å²) in [6, 6.07) is 0. The fourth-order valence-corrected chi connectivity index (χ4v) is 3.02. The van der Waals surface area contributed by atoms with Crippen molar-refractivity contribution in [1.29, 1.82) is 0 Å². The van der Waals surface area contributed by atoms with Crippen LogP contribution in [0.4, 0.5) is 5.95 Å². The molecule has 9 nitrogen and oxygen atoms in total. The number of ether oxygens (including phenoxy) is 2. The fraction of sp³-hybridized carbons (Fsp3) is 0.625. The molecule has 0 aliphatic carbocycles. The standard InChI is InChI=1S/C16H23N5O4/c1-16(14(23)20-3-6-24-7-4-20)11-21(5-8-25-16)13(22)12-9-18-15(17-2)19-10-12/h9-10H,3-8,11H2,1-2H3,(H,17,18,19)/t16-/m1/s1. The number of morpholine rings is 2. The maximum absolute atomic E-state index is 12.8. The second-order valence-electron chi connectivity index (χ2n) is 6.26. The number of hydrogen-bond acceptors (Lipinski definition) is 7. The molecule has 0 bridgehead atoms. The van der Waals surface area contributed by atoms with Gasteiger partial charge < -0.3 is 24.6 Å².